The fourth-order valence-electron chi connectivity index (χ4n) is 2.81. The smallest absolute Gasteiger partial charge is 0.308 e. The minimum atomic E-state index is -4.22. The van der Waals surface area contributed by atoms with Gasteiger partial charge in [-0.3, -0.25) is 13.9 Å². The van der Waals surface area contributed by atoms with E-state index in [4.69, 9.17) is 4.74 Å². The average molecular weight is 469 g/mol. The summed E-state index contributed by atoms with van der Waals surface area (Å²) < 4.78 is 46.3. The lowest BCUT2D eigenvalue weighted by Crippen LogP contribution is -2.40. The summed E-state index contributed by atoms with van der Waals surface area (Å²) in [6, 6.07) is 19.0. The molecule has 0 saturated carbocycles. The molecule has 170 valence electrons. The first-order chi connectivity index (χ1) is 15.8. The molecule has 0 aromatic heterocycles. The summed E-state index contributed by atoms with van der Waals surface area (Å²) >= 11 is 0. The predicted molar refractivity (Wildman–Crippen MR) is 121 cm³/mol. The lowest BCUT2D eigenvalue weighted by molar-refractivity contribution is -0.131. The molecule has 0 aliphatic rings. The second-order valence-electron chi connectivity index (χ2n) is 6.73. The van der Waals surface area contributed by atoms with Gasteiger partial charge in [-0.1, -0.05) is 30.3 Å². The highest BCUT2D eigenvalue weighted by Gasteiger charge is 2.28. The fourth-order valence-corrected chi connectivity index (χ4v) is 4.26. The highest BCUT2D eigenvalue weighted by Crippen LogP contribution is 2.25. The Balaban J connectivity index is 1.76. The number of hydrazone groups is 1. The molecule has 1 amide bonds. The molecule has 0 unspecified atom stereocenters. The first-order valence-corrected chi connectivity index (χ1v) is 11.1. The summed E-state index contributed by atoms with van der Waals surface area (Å²) in [6.45, 7) is 0.592. The molecular formula is C23H20FN3O5S. The summed E-state index contributed by atoms with van der Waals surface area (Å²) in [4.78, 5) is 23.3. The molecule has 10 heteroatoms. The number of nitrogens with one attached hydrogen (secondary N) is 1. The van der Waals surface area contributed by atoms with E-state index in [1.54, 1.807) is 30.3 Å². The van der Waals surface area contributed by atoms with Gasteiger partial charge in [0.1, 0.15) is 18.1 Å². The molecule has 3 aromatic rings. The largest absolute Gasteiger partial charge is 0.427 e. The predicted octanol–water partition coefficient (Wildman–Crippen LogP) is 3.10. The zero-order valence-electron chi connectivity index (χ0n) is 17.5. The number of esters is 1. The van der Waals surface area contributed by atoms with Crippen LogP contribution < -0.4 is 14.5 Å². The van der Waals surface area contributed by atoms with Crippen LogP contribution in [0.15, 0.2) is 88.9 Å². The first-order valence-electron chi connectivity index (χ1n) is 9.70. The molecule has 0 aliphatic carbocycles. The number of hydrogen-bond donors (Lipinski definition) is 1. The Bertz CT molecular complexity index is 1260. The van der Waals surface area contributed by atoms with Gasteiger partial charge in [-0.2, -0.15) is 5.10 Å². The van der Waals surface area contributed by atoms with Crippen molar-refractivity contribution in [2.75, 3.05) is 10.8 Å². The summed E-state index contributed by atoms with van der Waals surface area (Å²) in [5, 5.41) is 3.81. The van der Waals surface area contributed by atoms with Crippen molar-refractivity contribution in [1.29, 1.82) is 0 Å². The minimum Gasteiger partial charge on any atom is -0.427 e. The van der Waals surface area contributed by atoms with E-state index in [1.807, 2.05) is 0 Å². The summed E-state index contributed by atoms with van der Waals surface area (Å²) in [5.41, 5.74) is 2.57. The van der Waals surface area contributed by atoms with Crippen molar-refractivity contribution in [3.8, 4) is 5.75 Å². The molecule has 8 nitrogen and oxygen atoms in total. The molecule has 3 aromatic carbocycles. The highest BCUT2D eigenvalue weighted by atomic mass is 32.2. The fraction of sp³-hybridized carbons (Fsp3) is 0.0870. The van der Waals surface area contributed by atoms with Crippen LogP contribution in [-0.2, 0) is 19.6 Å². The van der Waals surface area contributed by atoms with Crippen LogP contribution in [0.2, 0.25) is 0 Å². The van der Waals surface area contributed by atoms with E-state index in [0.717, 1.165) is 6.07 Å². The maximum Gasteiger partial charge on any atom is 0.308 e. The van der Waals surface area contributed by atoms with Crippen LogP contribution in [0.5, 0.6) is 5.75 Å². The third-order valence-electron chi connectivity index (χ3n) is 4.28. The molecule has 1 N–H and O–H groups in total. The normalized spacial score (nSPS) is 11.2. The van der Waals surface area contributed by atoms with E-state index in [0.29, 0.717) is 15.6 Å². The molecule has 0 radical (unpaired) electrons. The van der Waals surface area contributed by atoms with Crippen LogP contribution >= 0.6 is 0 Å². The van der Waals surface area contributed by atoms with Crippen molar-refractivity contribution in [1.82, 2.24) is 5.43 Å². The maximum absolute atomic E-state index is 14.4. The maximum atomic E-state index is 14.4. The van der Waals surface area contributed by atoms with E-state index < -0.39 is 34.3 Å². The standard InChI is InChI=1S/C23H20FN3O5S/c1-17(28)32-19-13-11-18(12-14-19)15-25-26-23(29)16-27(22-10-6-5-9-21(22)24)33(30,31)20-7-3-2-4-8-20/h2-15H,16H2,1H3,(H,26,29)/b25-15-. The number of carbonyl (C=O) groups excluding carboxylic acids is 2. The summed E-state index contributed by atoms with van der Waals surface area (Å²) in [6.07, 6.45) is 1.33. The van der Waals surface area contributed by atoms with Gasteiger partial charge in [-0.25, -0.2) is 18.2 Å². The minimum absolute atomic E-state index is 0.0857. The second kappa shape index (κ2) is 10.5. The highest BCUT2D eigenvalue weighted by molar-refractivity contribution is 7.92. The molecule has 0 fully saturated rings. The monoisotopic (exact) mass is 469 g/mol. The van der Waals surface area contributed by atoms with Gasteiger partial charge in [0.05, 0.1) is 16.8 Å². The molecule has 33 heavy (non-hydrogen) atoms. The van der Waals surface area contributed by atoms with Crippen molar-refractivity contribution in [2.24, 2.45) is 5.10 Å². The van der Waals surface area contributed by atoms with Crippen LogP contribution in [0.4, 0.5) is 10.1 Å². The Kier molecular flexibility index (Phi) is 7.52. The van der Waals surface area contributed by atoms with Crippen molar-refractivity contribution >= 4 is 33.8 Å². The summed E-state index contributed by atoms with van der Waals surface area (Å²) in [7, 11) is -4.22. The van der Waals surface area contributed by atoms with Crippen molar-refractivity contribution < 1.29 is 27.1 Å². The molecule has 0 heterocycles. The van der Waals surface area contributed by atoms with Crippen LogP contribution in [0.25, 0.3) is 0 Å². The van der Waals surface area contributed by atoms with E-state index in [2.05, 4.69) is 10.5 Å². The van der Waals surface area contributed by atoms with Crippen molar-refractivity contribution in [2.45, 2.75) is 11.8 Å². The number of amides is 1. The van der Waals surface area contributed by atoms with Gasteiger partial charge in [0.15, 0.2) is 0 Å². The molecule has 0 saturated heterocycles. The third-order valence-corrected chi connectivity index (χ3v) is 6.06. The molecule has 0 aliphatic heterocycles. The zero-order valence-corrected chi connectivity index (χ0v) is 18.3. The number of hydrogen-bond acceptors (Lipinski definition) is 6. The Morgan fingerprint density at radius 1 is 1.00 bits per heavy atom. The Labute approximate surface area is 190 Å². The Hall–Kier alpha value is -4.05. The number of carbonyl (C=O) groups is 2. The van der Waals surface area contributed by atoms with Crippen molar-refractivity contribution in [3.05, 3.63) is 90.2 Å². The second-order valence-corrected chi connectivity index (χ2v) is 8.59. The van der Waals surface area contributed by atoms with E-state index in [9.17, 15) is 22.4 Å². The zero-order chi connectivity index (χ0) is 23.8. The Morgan fingerprint density at radius 3 is 2.27 bits per heavy atom. The average Bonchev–Trinajstić information content (AvgIpc) is 2.79. The topological polar surface area (TPSA) is 105 Å². The van der Waals surface area contributed by atoms with Crippen LogP contribution in [0.1, 0.15) is 12.5 Å². The number of sulfonamides is 1. The van der Waals surface area contributed by atoms with Crippen LogP contribution in [-0.4, -0.2) is 33.1 Å². The van der Waals surface area contributed by atoms with Gasteiger partial charge in [-0.05, 0) is 54.1 Å². The van der Waals surface area contributed by atoms with Gasteiger partial charge in [-0.15, -0.1) is 0 Å². The molecule has 0 bridgehead atoms. The number of ether oxygens (including phenoxy) is 1. The van der Waals surface area contributed by atoms with E-state index in [1.165, 1.54) is 55.6 Å². The third kappa shape index (κ3) is 6.23. The molecular weight excluding hydrogens is 449 g/mol. The van der Waals surface area contributed by atoms with Crippen LogP contribution in [0, 0.1) is 5.82 Å². The van der Waals surface area contributed by atoms with E-state index in [-0.39, 0.29) is 10.6 Å². The number of rotatable bonds is 8. The summed E-state index contributed by atoms with van der Waals surface area (Å²) in [5.74, 6) is -1.66. The first kappa shape index (κ1) is 23.6. The molecule has 0 atom stereocenters. The van der Waals surface area contributed by atoms with Gasteiger partial charge in [0, 0.05) is 6.92 Å². The number of nitrogens with zero attached hydrogens (tertiary/aromatic N) is 2. The van der Waals surface area contributed by atoms with Crippen LogP contribution in [0.3, 0.4) is 0 Å². The SMILES string of the molecule is CC(=O)Oc1ccc(/C=N\NC(=O)CN(c2ccccc2F)S(=O)(=O)c2ccccc2)cc1. The molecule has 0 spiro atoms. The number of anilines is 1. The lowest BCUT2D eigenvalue weighted by Gasteiger charge is -2.24. The molecule has 3 rings (SSSR count). The number of halogens is 1. The van der Waals surface area contributed by atoms with Gasteiger partial charge in [0.2, 0.25) is 0 Å². The quantitative estimate of drug-likeness (QED) is 0.236. The number of benzene rings is 3. The van der Waals surface area contributed by atoms with Gasteiger partial charge in [0.25, 0.3) is 15.9 Å². The Morgan fingerprint density at radius 2 is 1.64 bits per heavy atom. The lowest BCUT2D eigenvalue weighted by atomic mass is 10.2. The van der Waals surface area contributed by atoms with Crippen molar-refractivity contribution in [3.63, 3.8) is 0 Å². The number of para-hydroxylation sites is 1. The van der Waals surface area contributed by atoms with Gasteiger partial charge < -0.3 is 4.74 Å². The van der Waals surface area contributed by atoms with E-state index >= 15 is 0 Å². The van der Waals surface area contributed by atoms with Gasteiger partial charge >= 0.3 is 5.97 Å².